The van der Waals surface area contributed by atoms with Gasteiger partial charge in [-0.3, -0.25) is 14.5 Å². The van der Waals surface area contributed by atoms with E-state index in [2.05, 4.69) is 16.8 Å². The van der Waals surface area contributed by atoms with E-state index >= 15 is 0 Å². The second-order valence-corrected chi connectivity index (χ2v) is 6.43. The molecule has 0 aliphatic carbocycles. The van der Waals surface area contributed by atoms with E-state index in [1.54, 1.807) is 18.3 Å². The third kappa shape index (κ3) is 3.64. The molecular weight excluding hydrogens is 294 g/mol. The van der Waals surface area contributed by atoms with Crippen LogP contribution in [0.25, 0.3) is 0 Å². The third-order valence-corrected chi connectivity index (χ3v) is 5.18. The Morgan fingerprint density at radius 1 is 1.26 bits per heavy atom. The van der Waals surface area contributed by atoms with Gasteiger partial charge in [0.15, 0.2) is 0 Å². The molecule has 1 amide bonds. The maximum absolute atomic E-state index is 12.5. The number of amides is 1. The molecule has 1 aromatic rings. The summed E-state index contributed by atoms with van der Waals surface area (Å²) in [5, 5.41) is 0. The summed E-state index contributed by atoms with van der Waals surface area (Å²) in [6.45, 7) is 7.38. The fourth-order valence-corrected chi connectivity index (χ4v) is 3.63. The number of piperidine rings is 1. The van der Waals surface area contributed by atoms with Crippen LogP contribution >= 0.6 is 0 Å². The number of nitrogens with one attached hydrogen (secondary N) is 1. The molecule has 0 saturated carbocycles. The first-order valence-electron chi connectivity index (χ1n) is 8.45. The number of rotatable bonds is 3. The van der Waals surface area contributed by atoms with Gasteiger partial charge in [-0.1, -0.05) is 0 Å². The summed E-state index contributed by atoms with van der Waals surface area (Å²) >= 11 is 0. The van der Waals surface area contributed by atoms with E-state index in [-0.39, 0.29) is 17.0 Å². The Labute approximate surface area is 136 Å². The van der Waals surface area contributed by atoms with E-state index < -0.39 is 0 Å². The Kier molecular flexibility index (Phi) is 5.13. The Hall–Kier alpha value is -1.66. The molecule has 6 heteroatoms. The van der Waals surface area contributed by atoms with E-state index in [1.165, 1.54) is 0 Å². The number of likely N-dealkylation sites (tertiary alicyclic amines) is 1. The normalized spacial score (nSPS) is 22.0. The van der Waals surface area contributed by atoms with Crippen molar-refractivity contribution < 1.29 is 9.53 Å². The van der Waals surface area contributed by atoms with Crippen LogP contribution in [-0.4, -0.2) is 66.1 Å². The zero-order chi connectivity index (χ0) is 16.2. The van der Waals surface area contributed by atoms with Crippen LogP contribution in [0.1, 0.15) is 30.1 Å². The number of hydrogen-bond donors (Lipinski definition) is 1. The molecule has 126 valence electrons. The zero-order valence-corrected chi connectivity index (χ0v) is 13.7. The van der Waals surface area contributed by atoms with Crippen LogP contribution in [0.5, 0.6) is 0 Å². The molecule has 1 aromatic heterocycles. The summed E-state index contributed by atoms with van der Waals surface area (Å²) in [7, 11) is 0. The van der Waals surface area contributed by atoms with Crippen LogP contribution in [0.3, 0.4) is 0 Å². The summed E-state index contributed by atoms with van der Waals surface area (Å²) in [6, 6.07) is 3.82. The van der Waals surface area contributed by atoms with E-state index in [0.29, 0.717) is 12.0 Å². The van der Waals surface area contributed by atoms with Gasteiger partial charge >= 0.3 is 0 Å². The Morgan fingerprint density at radius 3 is 2.61 bits per heavy atom. The Morgan fingerprint density at radius 2 is 1.96 bits per heavy atom. The maximum Gasteiger partial charge on any atom is 0.260 e. The highest BCUT2D eigenvalue weighted by Crippen LogP contribution is 2.25. The SMILES string of the molecule is CC(C1CCN(C(=O)c2ccc[nH]c2=O)CC1)N1CCOCC1. The average Bonchev–Trinajstić information content (AvgIpc) is 2.62. The molecule has 0 aromatic carbocycles. The van der Waals surface area contributed by atoms with Crippen molar-refractivity contribution in [2.45, 2.75) is 25.8 Å². The summed E-state index contributed by atoms with van der Waals surface area (Å²) < 4.78 is 5.42. The van der Waals surface area contributed by atoms with Crippen LogP contribution < -0.4 is 5.56 Å². The van der Waals surface area contributed by atoms with Crippen LogP contribution in [0.15, 0.2) is 23.1 Å². The number of nitrogens with zero attached hydrogens (tertiary/aromatic N) is 2. The zero-order valence-electron chi connectivity index (χ0n) is 13.7. The maximum atomic E-state index is 12.5. The standard InChI is InChI=1S/C17H25N3O3/c1-13(19-9-11-23-12-10-19)14-4-7-20(8-5-14)17(22)15-3-2-6-18-16(15)21/h2-3,6,13-14H,4-5,7-12H2,1H3,(H,18,21). The molecule has 0 spiro atoms. The van der Waals surface area contributed by atoms with Gasteiger partial charge in [-0.2, -0.15) is 0 Å². The van der Waals surface area contributed by atoms with Gasteiger partial charge in [0, 0.05) is 38.4 Å². The summed E-state index contributed by atoms with van der Waals surface area (Å²) in [5.74, 6) is 0.454. The molecule has 0 bridgehead atoms. The fourth-order valence-electron chi connectivity index (χ4n) is 3.63. The quantitative estimate of drug-likeness (QED) is 0.901. The molecule has 3 rings (SSSR count). The molecule has 1 atom stereocenters. The highest BCUT2D eigenvalue weighted by atomic mass is 16.5. The molecule has 23 heavy (non-hydrogen) atoms. The first-order chi connectivity index (χ1) is 11.2. The molecule has 2 fully saturated rings. The van der Waals surface area contributed by atoms with Gasteiger partial charge in [0.1, 0.15) is 5.56 Å². The van der Waals surface area contributed by atoms with Crippen molar-refractivity contribution in [1.82, 2.24) is 14.8 Å². The lowest BCUT2D eigenvalue weighted by molar-refractivity contribution is -0.000961. The van der Waals surface area contributed by atoms with Crippen molar-refractivity contribution >= 4 is 5.91 Å². The highest BCUT2D eigenvalue weighted by Gasteiger charge is 2.30. The van der Waals surface area contributed by atoms with Crippen molar-refractivity contribution in [2.75, 3.05) is 39.4 Å². The van der Waals surface area contributed by atoms with Crippen molar-refractivity contribution in [2.24, 2.45) is 5.92 Å². The Balaban J connectivity index is 1.57. The number of ether oxygens (including phenoxy) is 1. The Bertz CT molecular complexity index is 587. The first kappa shape index (κ1) is 16.2. The number of aromatic amines is 1. The van der Waals surface area contributed by atoms with Crippen LogP contribution in [-0.2, 0) is 4.74 Å². The number of carbonyl (C=O) groups excluding carboxylic acids is 1. The second-order valence-electron chi connectivity index (χ2n) is 6.43. The molecule has 2 aliphatic rings. The van der Waals surface area contributed by atoms with E-state index in [0.717, 1.165) is 52.2 Å². The number of aromatic nitrogens is 1. The topological polar surface area (TPSA) is 65.6 Å². The monoisotopic (exact) mass is 319 g/mol. The van der Waals surface area contributed by atoms with Gasteiger partial charge in [-0.05, 0) is 37.8 Å². The number of pyridine rings is 1. The fraction of sp³-hybridized carbons (Fsp3) is 0.647. The van der Waals surface area contributed by atoms with Crippen LogP contribution in [0.4, 0.5) is 0 Å². The largest absolute Gasteiger partial charge is 0.379 e. The van der Waals surface area contributed by atoms with Crippen molar-refractivity contribution in [3.63, 3.8) is 0 Å². The number of H-pyrrole nitrogens is 1. The molecule has 6 nitrogen and oxygen atoms in total. The van der Waals surface area contributed by atoms with Gasteiger partial charge in [0.2, 0.25) is 0 Å². The summed E-state index contributed by atoms with van der Waals surface area (Å²) in [4.78, 5) is 31.1. The van der Waals surface area contributed by atoms with Gasteiger partial charge in [-0.25, -0.2) is 0 Å². The van der Waals surface area contributed by atoms with Crippen LogP contribution in [0.2, 0.25) is 0 Å². The van der Waals surface area contributed by atoms with Crippen LogP contribution in [0, 0.1) is 5.92 Å². The minimum atomic E-state index is -0.304. The van der Waals surface area contributed by atoms with E-state index in [1.807, 2.05) is 4.90 Å². The molecule has 3 heterocycles. The van der Waals surface area contributed by atoms with Gasteiger partial charge in [-0.15, -0.1) is 0 Å². The second kappa shape index (κ2) is 7.27. The molecular formula is C17H25N3O3. The number of hydrogen-bond acceptors (Lipinski definition) is 4. The smallest absolute Gasteiger partial charge is 0.260 e. The molecule has 2 saturated heterocycles. The number of morpholine rings is 1. The predicted molar refractivity (Wildman–Crippen MR) is 87.5 cm³/mol. The lowest BCUT2D eigenvalue weighted by atomic mass is 9.89. The highest BCUT2D eigenvalue weighted by molar-refractivity contribution is 5.93. The van der Waals surface area contributed by atoms with Crippen molar-refractivity contribution in [1.29, 1.82) is 0 Å². The predicted octanol–water partition coefficient (Wildman–Crippen LogP) is 0.948. The third-order valence-electron chi connectivity index (χ3n) is 5.18. The minimum Gasteiger partial charge on any atom is -0.379 e. The van der Waals surface area contributed by atoms with Gasteiger partial charge in [0.25, 0.3) is 11.5 Å². The molecule has 1 N–H and O–H groups in total. The molecule has 0 radical (unpaired) electrons. The van der Waals surface area contributed by atoms with Crippen molar-refractivity contribution in [3.8, 4) is 0 Å². The number of carbonyl (C=O) groups is 1. The summed E-state index contributed by atoms with van der Waals surface area (Å²) in [6.07, 6.45) is 3.54. The average molecular weight is 319 g/mol. The first-order valence-corrected chi connectivity index (χ1v) is 8.45. The summed E-state index contributed by atoms with van der Waals surface area (Å²) in [5.41, 5.74) is -0.0616. The lowest BCUT2D eigenvalue weighted by Gasteiger charge is -2.41. The van der Waals surface area contributed by atoms with Gasteiger partial charge in [0.05, 0.1) is 13.2 Å². The lowest BCUT2D eigenvalue weighted by Crippen LogP contribution is -2.49. The minimum absolute atomic E-state index is 0.149. The van der Waals surface area contributed by atoms with Gasteiger partial charge < -0.3 is 14.6 Å². The van der Waals surface area contributed by atoms with E-state index in [4.69, 9.17) is 4.74 Å². The molecule has 2 aliphatic heterocycles. The van der Waals surface area contributed by atoms with Crippen molar-refractivity contribution in [3.05, 3.63) is 34.2 Å². The molecule has 1 unspecified atom stereocenters. The van der Waals surface area contributed by atoms with E-state index in [9.17, 15) is 9.59 Å².